The van der Waals surface area contributed by atoms with Crippen LogP contribution < -0.4 is 10.5 Å². The average Bonchev–Trinajstić information content (AvgIpc) is 2.30. The minimum atomic E-state index is 0.677. The third-order valence-corrected chi connectivity index (χ3v) is 2.45. The number of anilines is 1. The largest absolute Gasteiger partial charge is 0.497 e. The molecule has 0 fully saturated rings. The third-order valence-electron chi connectivity index (χ3n) is 2.45. The number of ether oxygens (including phenoxy) is 1. The van der Waals surface area contributed by atoms with E-state index in [0.29, 0.717) is 5.69 Å². The summed E-state index contributed by atoms with van der Waals surface area (Å²) in [6.45, 7) is 2.01. The van der Waals surface area contributed by atoms with E-state index >= 15 is 0 Å². The van der Waals surface area contributed by atoms with Crippen LogP contribution in [0, 0.1) is 6.92 Å². The number of nitrogens with two attached hydrogens (primary N) is 1. The van der Waals surface area contributed by atoms with Crippen molar-refractivity contribution in [2.24, 2.45) is 0 Å². The van der Waals surface area contributed by atoms with Crippen LogP contribution in [-0.2, 0) is 0 Å². The summed E-state index contributed by atoms with van der Waals surface area (Å²) in [7, 11) is 1.62. The van der Waals surface area contributed by atoms with Crippen LogP contribution in [0.15, 0.2) is 36.5 Å². The van der Waals surface area contributed by atoms with Gasteiger partial charge in [-0.25, -0.2) is 0 Å². The number of pyridine rings is 1. The Morgan fingerprint density at radius 1 is 1.19 bits per heavy atom. The molecular formula is C13H14N2O. The van der Waals surface area contributed by atoms with Crippen molar-refractivity contribution >= 4 is 5.69 Å². The predicted octanol–water partition coefficient (Wildman–Crippen LogP) is 2.65. The van der Waals surface area contributed by atoms with Gasteiger partial charge in [0.2, 0.25) is 0 Å². The molecule has 0 radical (unpaired) electrons. The molecule has 0 saturated heterocycles. The van der Waals surface area contributed by atoms with Gasteiger partial charge in [-0.1, -0.05) is 6.07 Å². The number of aromatic nitrogens is 1. The molecule has 1 aromatic carbocycles. The second-order valence-corrected chi connectivity index (χ2v) is 3.67. The van der Waals surface area contributed by atoms with E-state index in [4.69, 9.17) is 10.5 Å². The summed E-state index contributed by atoms with van der Waals surface area (Å²) in [5.74, 6) is 0.758. The van der Waals surface area contributed by atoms with Crippen molar-refractivity contribution in [2.45, 2.75) is 6.92 Å². The number of methoxy groups -OCH3 is 1. The first kappa shape index (κ1) is 10.5. The molecule has 16 heavy (non-hydrogen) atoms. The first-order valence-electron chi connectivity index (χ1n) is 5.07. The molecule has 0 aliphatic heterocycles. The highest BCUT2D eigenvalue weighted by molar-refractivity contribution is 5.74. The molecule has 1 heterocycles. The predicted molar refractivity (Wildman–Crippen MR) is 65.4 cm³/mol. The van der Waals surface area contributed by atoms with E-state index in [2.05, 4.69) is 4.98 Å². The molecule has 3 nitrogen and oxygen atoms in total. The Morgan fingerprint density at radius 3 is 2.56 bits per heavy atom. The molecule has 0 amide bonds. The molecule has 0 atom stereocenters. The van der Waals surface area contributed by atoms with Crippen LogP contribution in [0.5, 0.6) is 5.75 Å². The van der Waals surface area contributed by atoms with Crippen molar-refractivity contribution in [3.63, 3.8) is 0 Å². The van der Waals surface area contributed by atoms with Crippen molar-refractivity contribution in [1.82, 2.24) is 4.98 Å². The quantitative estimate of drug-likeness (QED) is 0.782. The third kappa shape index (κ3) is 1.98. The zero-order chi connectivity index (χ0) is 11.5. The lowest BCUT2D eigenvalue weighted by atomic mass is 10.1. The van der Waals surface area contributed by atoms with E-state index in [0.717, 1.165) is 22.6 Å². The van der Waals surface area contributed by atoms with Gasteiger partial charge in [0.05, 0.1) is 12.8 Å². The van der Waals surface area contributed by atoms with Crippen molar-refractivity contribution < 1.29 is 4.74 Å². The lowest BCUT2D eigenvalue weighted by Gasteiger charge is -2.07. The standard InChI is InChI=1S/C13H14N2O/c1-9-3-6-13(15-8-9)11-5-4-10(16-2)7-12(11)14/h3-8H,14H2,1-2H3. The maximum atomic E-state index is 5.95. The van der Waals surface area contributed by atoms with E-state index < -0.39 is 0 Å². The van der Waals surface area contributed by atoms with E-state index in [1.807, 2.05) is 37.4 Å². The molecule has 0 saturated carbocycles. The van der Waals surface area contributed by atoms with Gasteiger partial charge in [0.25, 0.3) is 0 Å². The molecule has 2 aromatic rings. The molecule has 1 aromatic heterocycles. The van der Waals surface area contributed by atoms with Gasteiger partial charge >= 0.3 is 0 Å². The Balaban J connectivity index is 2.44. The van der Waals surface area contributed by atoms with Crippen molar-refractivity contribution in [3.8, 4) is 17.0 Å². The number of hydrogen-bond donors (Lipinski definition) is 1. The number of rotatable bonds is 2. The van der Waals surface area contributed by atoms with Gasteiger partial charge in [-0.15, -0.1) is 0 Å². The van der Waals surface area contributed by atoms with Crippen LogP contribution in [0.2, 0.25) is 0 Å². The molecule has 0 aliphatic rings. The molecule has 3 heteroatoms. The lowest BCUT2D eigenvalue weighted by Crippen LogP contribution is -1.93. The SMILES string of the molecule is COc1ccc(-c2ccc(C)cn2)c(N)c1. The van der Waals surface area contributed by atoms with Crippen LogP contribution in [0.4, 0.5) is 5.69 Å². The van der Waals surface area contributed by atoms with Gasteiger partial charge in [0.1, 0.15) is 5.75 Å². The van der Waals surface area contributed by atoms with Crippen LogP contribution >= 0.6 is 0 Å². The molecule has 0 bridgehead atoms. The van der Waals surface area contributed by atoms with Gasteiger partial charge in [0, 0.05) is 23.5 Å². The average molecular weight is 214 g/mol. The highest BCUT2D eigenvalue weighted by Gasteiger charge is 2.04. The van der Waals surface area contributed by atoms with Gasteiger partial charge < -0.3 is 10.5 Å². The fourth-order valence-electron chi connectivity index (χ4n) is 1.53. The van der Waals surface area contributed by atoms with Crippen LogP contribution in [-0.4, -0.2) is 12.1 Å². The minimum Gasteiger partial charge on any atom is -0.497 e. The summed E-state index contributed by atoms with van der Waals surface area (Å²) in [5.41, 5.74) is 9.57. The maximum absolute atomic E-state index is 5.95. The Kier molecular flexibility index (Phi) is 2.77. The molecular weight excluding hydrogens is 200 g/mol. The number of benzene rings is 1. The van der Waals surface area contributed by atoms with E-state index in [1.54, 1.807) is 13.2 Å². The topological polar surface area (TPSA) is 48.1 Å². The highest BCUT2D eigenvalue weighted by atomic mass is 16.5. The van der Waals surface area contributed by atoms with Gasteiger partial charge in [0.15, 0.2) is 0 Å². The fourth-order valence-corrected chi connectivity index (χ4v) is 1.53. The lowest BCUT2D eigenvalue weighted by molar-refractivity contribution is 0.415. The summed E-state index contributed by atoms with van der Waals surface area (Å²) in [6, 6.07) is 9.59. The number of aryl methyl sites for hydroxylation is 1. The van der Waals surface area contributed by atoms with Crippen molar-refractivity contribution in [3.05, 3.63) is 42.1 Å². The summed E-state index contributed by atoms with van der Waals surface area (Å²) in [4.78, 5) is 4.34. The zero-order valence-electron chi connectivity index (χ0n) is 9.40. The fraction of sp³-hybridized carbons (Fsp3) is 0.154. The zero-order valence-corrected chi connectivity index (χ0v) is 9.40. The maximum Gasteiger partial charge on any atom is 0.120 e. The first-order chi connectivity index (χ1) is 7.70. The molecule has 0 unspecified atom stereocenters. The van der Waals surface area contributed by atoms with Crippen molar-refractivity contribution in [2.75, 3.05) is 12.8 Å². The smallest absolute Gasteiger partial charge is 0.120 e. The van der Waals surface area contributed by atoms with Gasteiger partial charge in [-0.3, -0.25) is 4.98 Å². The second-order valence-electron chi connectivity index (χ2n) is 3.67. The molecule has 82 valence electrons. The van der Waals surface area contributed by atoms with Crippen molar-refractivity contribution in [1.29, 1.82) is 0 Å². The Bertz CT molecular complexity index is 492. The Hall–Kier alpha value is -2.03. The Labute approximate surface area is 94.9 Å². The van der Waals surface area contributed by atoms with E-state index in [9.17, 15) is 0 Å². The molecule has 0 aliphatic carbocycles. The summed E-state index contributed by atoms with van der Waals surface area (Å²) in [6.07, 6.45) is 1.83. The normalized spacial score (nSPS) is 10.1. The summed E-state index contributed by atoms with van der Waals surface area (Å²) in [5, 5.41) is 0. The Morgan fingerprint density at radius 2 is 2.00 bits per heavy atom. The molecule has 0 spiro atoms. The molecule has 2 N–H and O–H groups in total. The van der Waals surface area contributed by atoms with Gasteiger partial charge in [-0.05, 0) is 30.7 Å². The van der Waals surface area contributed by atoms with E-state index in [-0.39, 0.29) is 0 Å². The van der Waals surface area contributed by atoms with Crippen LogP contribution in [0.25, 0.3) is 11.3 Å². The number of nitrogens with zero attached hydrogens (tertiary/aromatic N) is 1. The molecule has 2 rings (SSSR count). The number of hydrogen-bond acceptors (Lipinski definition) is 3. The van der Waals surface area contributed by atoms with Gasteiger partial charge in [-0.2, -0.15) is 0 Å². The van der Waals surface area contributed by atoms with E-state index in [1.165, 1.54) is 0 Å². The van der Waals surface area contributed by atoms with Crippen LogP contribution in [0.1, 0.15) is 5.56 Å². The summed E-state index contributed by atoms with van der Waals surface area (Å²) >= 11 is 0. The van der Waals surface area contributed by atoms with Crippen LogP contribution in [0.3, 0.4) is 0 Å². The first-order valence-corrected chi connectivity index (χ1v) is 5.07. The summed E-state index contributed by atoms with van der Waals surface area (Å²) < 4.78 is 5.10. The minimum absolute atomic E-state index is 0.677. The second kappa shape index (κ2) is 4.23. The monoisotopic (exact) mass is 214 g/mol. The number of nitrogen functional groups attached to an aromatic ring is 1. The highest BCUT2D eigenvalue weighted by Crippen LogP contribution is 2.27.